The molecule has 8 rings (SSSR count). The normalized spacial score (nSPS) is 24.4. The number of fused-ring (bicyclic) bond motifs is 2. The topological polar surface area (TPSA) is 490 Å². The number of aromatic nitrogens is 2. The van der Waals surface area contributed by atoms with Crippen molar-refractivity contribution in [2.24, 2.45) is 11.7 Å². The number of aliphatic hydroxyl groups excluding tert-OH is 7. The predicted octanol–water partition coefficient (Wildman–Crippen LogP) is -5.17. The van der Waals surface area contributed by atoms with E-state index in [0.29, 0.717) is 22.6 Å². The first-order chi connectivity index (χ1) is 44.9. The number of carbonyl (C=O) groups excluding carboxylic acids is 8. The summed E-state index contributed by atoms with van der Waals surface area (Å²) in [5.41, 5.74) is 7.84. The summed E-state index contributed by atoms with van der Waals surface area (Å²) in [5, 5.41) is 124. The number of phenols is 1. The molecule has 15 N–H and O–H groups in total. The molecule has 95 heavy (non-hydrogen) atoms. The zero-order valence-electron chi connectivity index (χ0n) is 51.9. The van der Waals surface area contributed by atoms with Crippen LogP contribution < -0.4 is 76.1 Å². The molecule has 0 radical (unpaired) electrons. The van der Waals surface area contributed by atoms with Crippen LogP contribution in [0, 0.1) is 5.92 Å². The van der Waals surface area contributed by atoms with E-state index in [9.17, 15) is 84.5 Å². The molecule has 3 fully saturated rings. The molecular formula is C61H73N10NaO22S. The number of nitrogens with one attached hydrogen (secondary N) is 5. The number of rotatable bonds is 21. The molecule has 4 heterocycles. The summed E-state index contributed by atoms with van der Waals surface area (Å²) in [6.45, 7) is 3.40. The van der Waals surface area contributed by atoms with Crippen molar-refractivity contribution in [3.8, 4) is 51.3 Å². The van der Waals surface area contributed by atoms with Crippen LogP contribution in [0.15, 0.2) is 95.4 Å². The van der Waals surface area contributed by atoms with Crippen LogP contribution in [-0.2, 0) is 42.9 Å². The number of hydrogen-bond donors (Lipinski definition) is 14. The number of hydrogen-bond acceptors (Lipinski definition) is 25. The van der Waals surface area contributed by atoms with E-state index in [1.165, 1.54) is 31.2 Å². The Kier molecular flexibility index (Phi) is 26.8. The molecule has 14 atom stereocenters. The summed E-state index contributed by atoms with van der Waals surface area (Å²) in [5.74, 6) is -11.1. The van der Waals surface area contributed by atoms with E-state index in [-0.39, 0.29) is 64.8 Å². The van der Waals surface area contributed by atoms with Crippen LogP contribution in [0.2, 0.25) is 0 Å². The third-order valence-corrected chi connectivity index (χ3v) is 16.5. The number of aromatic hydroxyl groups is 1. The molecule has 1 aromatic heterocycles. The molecule has 0 spiro atoms. The Labute approximate surface area is 569 Å². The molecule has 0 bridgehead atoms. The van der Waals surface area contributed by atoms with Gasteiger partial charge >= 0.3 is 29.6 Å². The van der Waals surface area contributed by atoms with Crippen molar-refractivity contribution in [2.75, 3.05) is 26.2 Å². The van der Waals surface area contributed by atoms with E-state index in [2.05, 4.69) is 53.1 Å². The maximum absolute atomic E-state index is 14.7. The van der Waals surface area contributed by atoms with Gasteiger partial charge in [0.15, 0.2) is 11.5 Å². The Morgan fingerprint density at radius 1 is 0.758 bits per heavy atom. The van der Waals surface area contributed by atoms with Gasteiger partial charge in [0.1, 0.15) is 54.2 Å². The molecule has 3 aliphatic heterocycles. The van der Waals surface area contributed by atoms with E-state index >= 15 is 0 Å². The number of primary amides is 1. The first-order valence-electron chi connectivity index (χ1n) is 29.9. The summed E-state index contributed by atoms with van der Waals surface area (Å²) in [6.07, 6.45) is -13.1. The maximum Gasteiger partial charge on any atom is 1.00 e. The SMILES string of the molecule is CCCCCOc1ccc(-c2ccc(-c3nnc(-c4ccc(C(=O)N[C@H]5CC(O)CNC(=O)C6C(O)C(C)CN6C(=O)C(C(O)CC(N)=O)NC(=O)C(C(O)C(O)c6ccc(O)c(OSOO[O-])c6)NC(=O)C6CC(O)CN6C(=O)C(C(C)O)NC5=O)cc4)o3)cc2)cc1.[Na+]. The molecule has 32 nitrogen and oxygen atoms in total. The average molecular weight is 1350 g/mol. The van der Waals surface area contributed by atoms with Crippen molar-refractivity contribution in [3.63, 3.8) is 0 Å². The van der Waals surface area contributed by atoms with E-state index in [1.54, 1.807) is 0 Å². The Morgan fingerprint density at radius 2 is 1.36 bits per heavy atom. The number of ether oxygens (including phenoxy) is 1. The summed E-state index contributed by atoms with van der Waals surface area (Å²) < 4.78 is 20.9. The van der Waals surface area contributed by atoms with Gasteiger partial charge in [-0.2, -0.15) is 0 Å². The standard InChI is InChI=1S/C61H74N10O22S.Na/c1-4-5-6-21-89-39-18-15-32(16-19-39)31-7-11-34(12-8-31)58-68-69-59(90-58)35-13-9-33(10-14-35)53(81)64-40-23-37(73)26-63-57(85)49-50(78)29(2)27-71(49)61(87)47(43(76)25-45(62)77)66-56(84)48(52(80)51(79)36-17-20-42(75)44(22-36)91-94-93-92-88)67-55(83)41-24-38(74)28-70(41)60(86)46(30(3)72)65-54(40)82;/h7-20,22,29-30,37-38,40-41,43,46-52,72-76,78-80,88H,4-6,21,23-28H2,1-3H3,(H2,62,77)(H,63,85)(H,64,81)(H,65,82)(H,66,84)(H,67,83);/q;+1/p-1/t29?,30?,37?,38?,40-,41?,43?,46?,47?,48?,49?,50?,51?,52?;/m0./s1. The Bertz CT molecular complexity index is 3480. The summed E-state index contributed by atoms with van der Waals surface area (Å²) in [7, 11) is 0. The molecule has 34 heteroatoms. The summed E-state index contributed by atoms with van der Waals surface area (Å²) in [4.78, 5) is 115. The van der Waals surface area contributed by atoms with Crippen molar-refractivity contribution < 1.29 is 137 Å². The van der Waals surface area contributed by atoms with Crippen LogP contribution in [0.1, 0.15) is 81.3 Å². The number of nitrogens with zero attached hydrogens (tertiary/aromatic N) is 4. The van der Waals surface area contributed by atoms with Gasteiger partial charge in [0, 0.05) is 55.1 Å². The summed E-state index contributed by atoms with van der Waals surface area (Å²) >= 11 is -0.0892. The molecule has 13 unspecified atom stereocenters. The number of benzene rings is 4. The number of nitrogens with two attached hydrogens (primary N) is 1. The average Bonchev–Trinajstić information content (AvgIpc) is 1.76. The van der Waals surface area contributed by atoms with Crippen LogP contribution in [0.25, 0.3) is 34.0 Å². The number of amides is 8. The zero-order valence-corrected chi connectivity index (χ0v) is 54.7. The van der Waals surface area contributed by atoms with Gasteiger partial charge in [-0.3, -0.25) is 43.4 Å². The van der Waals surface area contributed by atoms with Gasteiger partial charge in [0.25, 0.3) is 18.2 Å². The molecule has 5 aromatic rings. The molecule has 0 saturated carbocycles. The number of phenolic OH excluding ortho intramolecular Hbond substituents is 1. The van der Waals surface area contributed by atoms with E-state index in [0.717, 1.165) is 66.2 Å². The number of aliphatic hydroxyl groups is 7. The molecule has 506 valence electrons. The number of unbranched alkanes of at least 4 members (excludes halogenated alkanes) is 2. The van der Waals surface area contributed by atoms with E-state index in [4.69, 9.17) is 19.1 Å². The fourth-order valence-corrected chi connectivity index (χ4v) is 11.2. The van der Waals surface area contributed by atoms with Crippen molar-refractivity contribution in [2.45, 2.75) is 138 Å². The molecule has 0 aliphatic carbocycles. The van der Waals surface area contributed by atoms with Crippen LogP contribution in [-0.4, -0.2) is 207 Å². The van der Waals surface area contributed by atoms with Crippen molar-refractivity contribution in [3.05, 3.63) is 102 Å². The number of carbonyl (C=O) groups is 8. The van der Waals surface area contributed by atoms with Gasteiger partial charge in [-0.05, 0) is 90.7 Å². The van der Waals surface area contributed by atoms with Crippen molar-refractivity contribution in [1.29, 1.82) is 0 Å². The van der Waals surface area contributed by atoms with Gasteiger partial charge < -0.3 is 102 Å². The summed E-state index contributed by atoms with van der Waals surface area (Å²) in [6, 6.07) is 11.3. The smallest absolute Gasteiger partial charge is 0.691 e. The van der Waals surface area contributed by atoms with Gasteiger partial charge in [-0.15, -0.1) is 14.5 Å². The second kappa shape index (κ2) is 34.2. The minimum atomic E-state index is -2.55. The fraction of sp³-hybridized carbons (Fsp3) is 0.443. The minimum Gasteiger partial charge on any atom is -0.691 e. The van der Waals surface area contributed by atoms with Gasteiger partial charge in [-0.25, -0.2) is 0 Å². The molecule has 4 aromatic carbocycles. The van der Waals surface area contributed by atoms with Crippen LogP contribution in [0.3, 0.4) is 0 Å². The maximum atomic E-state index is 14.7. The third kappa shape index (κ3) is 18.8. The molecule has 3 saturated heterocycles. The first-order valence-corrected chi connectivity index (χ1v) is 30.6. The molecule has 8 amide bonds. The van der Waals surface area contributed by atoms with E-state index in [1.807, 2.05) is 48.5 Å². The molecular weight excluding hydrogens is 1280 g/mol. The van der Waals surface area contributed by atoms with Gasteiger partial charge in [0.05, 0.1) is 43.5 Å². The Hall–Kier alpha value is -7.87. The van der Waals surface area contributed by atoms with Crippen molar-refractivity contribution >= 4 is 59.6 Å². The van der Waals surface area contributed by atoms with Crippen LogP contribution in [0.4, 0.5) is 0 Å². The monoisotopic (exact) mass is 1350 g/mol. The zero-order chi connectivity index (χ0) is 68.1. The second-order valence-electron chi connectivity index (χ2n) is 23.0. The first kappa shape index (κ1) is 74.5. The Balaban J connectivity index is 0.0000128. The van der Waals surface area contributed by atoms with Crippen LogP contribution in [0.5, 0.6) is 17.2 Å². The third-order valence-electron chi connectivity index (χ3n) is 16.1. The fourth-order valence-electron chi connectivity index (χ4n) is 11.0. The Morgan fingerprint density at radius 3 is 1.98 bits per heavy atom. The van der Waals surface area contributed by atoms with Crippen LogP contribution >= 0.6 is 12.3 Å². The largest absolute Gasteiger partial charge is 1.00 e. The molecule has 3 aliphatic rings. The van der Waals surface area contributed by atoms with E-state index < -0.39 is 183 Å². The second-order valence-corrected chi connectivity index (χ2v) is 23.4. The van der Waals surface area contributed by atoms with Gasteiger partial charge in [0.2, 0.25) is 53.1 Å². The number of β-amino-alcohol motifs (C(OH)–C–C–N with tert-alkyl or cyclic N) is 1. The predicted molar refractivity (Wildman–Crippen MR) is 324 cm³/mol. The van der Waals surface area contributed by atoms with Crippen molar-refractivity contribution in [1.82, 2.24) is 46.6 Å². The van der Waals surface area contributed by atoms with Gasteiger partial charge in [-0.1, -0.05) is 57.0 Å². The quantitative estimate of drug-likeness (QED) is 0.0107. The minimum absolute atomic E-state index is 0.